The first-order valence-electron chi connectivity index (χ1n) is 9.39. The van der Waals surface area contributed by atoms with Crippen LogP contribution in [-0.2, 0) is 23.8 Å². The maximum atomic E-state index is 11.9. The van der Waals surface area contributed by atoms with Crippen molar-refractivity contribution in [1.29, 1.82) is 0 Å². The van der Waals surface area contributed by atoms with E-state index in [0.717, 1.165) is 25.9 Å². The van der Waals surface area contributed by atoms with Crippen molar-refractivity contribution in [1.82, 2.24) is 10.2 Å². The summed E-state index contributed by atoms with van der Waals surface area (Å²) in [7, 11) is 0. The van der Waals surface area contributed by atoms with Gasteiger partial charge in [0.05, 0.1) is 26.4 Å². The highest BCUT2D eigenvalue weighted by atomic mass is 32.2. The van der Waals surface area contributed by atoms with E-state index in [0.29, 0.717) is 38.2 Å². The predicted octanol–water partition coefficient (Wildman–Crippen LogP) is 1.47. The molecule has 0 atom stereocenters. The number of hydrogen-bond donors (Lipinski definition) is 1. The van der Waals surface area contributed by atoms with Crippen LogP contribution in [0.25, 0.3) is 0 Å². The van der Waals surface area contributed by atoms with Crippen LogP contribution in [0.4, 0.5) is 4.79 Å². The van der Waals surface area contributed by atoms with Crippen molar-refractivity contribution >= 4 is 29.5 Å². The number of rotatable bonds is 13. The molecule has 1 heterocycles. The Hall–Kier alpha value is -1.32. The van der Waals surface area contributed by atoms with Crippen LogP contribution in [0.5, 0.6) is 0 Å². The second kappa shape index (κ2) is 14.7. The Labute approximate surface area is 165 Å². The maximum absolute atomic E-state index is 11.9. The summed E-state index contributed by atoms with van der Waals surface area (Å²) in [5.74, 6) is -0.145. The Bertz CT molecular complexity index is 455. The molecule has 0 aromatic carbocycles. The minimum atomic E-state index is -0.269. The van der Waals surface area contributed by atoms with Crippen molar-refractivity contribution in [3.63, 3.8) is 0 Å². The van der Waals surface area contributed by atoms with Crippen molar-refractivity contribution in [2.45, 2.75) is 37.9 Å². The Kier molecular flexibility index (Phi) is 12.9. The Morgan fingerprint density at radius 1 is 1.00 bits per heavy atom. The second-order valence-corrected chi connectivity index (χ2v) is 7.45. The number of ether oxygens (including phenoxy) is 3. The van der Waals surface area contributed by atoms with Crippen LogP contribution in [0.15, 0.2) is 0 Å². The van der Waals surface area contributed by atoms with E-state index in [9.17, 15) is 14.4 Å². The summed E-state index contributed by atoms with van der Waals surface area (Å²) in [6.45, 7) is 5.12. The van der Waals surface area contributed by atoms with Crippen LogP contribution in [-0.4, -0.2) is 86.9 Å². The first-order chi connectivity index (χ1) is 13.0. The number of hydrogen-bond acceptors (Lipinski definition) is 7. The summed E-state index contributed by atoms with van der Waals surface area (Å²) in [6, 6.07) is 0. The van der Waals surface area contributed by atoms with E-state index >= 15 is 0 Å². The van der Waals surface area contributed by atoms with Gasteiger partial charge in [-0.3, -0.25) is 4.79 Å². The summed E-state index contributed by atoms with van der Waals surface area (Å²) in [6.07, 6.45) is 4.35. The summed E-state index contributed by atoms with van der Waals surface area (Å²) < 4.78 is 15.9. The molecule has 2 amide bonds. The molecular formula is C18H32N2O6S. The van der Waals surface area contributed by atoms with Gasteiger partial charge in [-0.05, 0) is 26.0 Å². The number of amides is 2. The van der Waals surface area contributed by atoms with E-state index in [1.54, 1.807) is 4.90 Å². The zero-order chi connectivity index (χ0) is 19.9. The molecule has 27 heavy (non-hydrogen) atoms. The molecule has 1 aliphatic rings. The summed E-state index contributed by atoms with van der Waals surface area (Å²) in [5, 5.41) is 3.32. The van der Waals surface area contributed by atoms with Gasteiger partial charge in [0.2, 0.25) is 5.91 Å². The van der Waals surface area contributed by atoms with Gasteiger partial charge in [-0.1, -0.05) is 0 Å². The minimum Gasteiger partial charge on any atom is -0.447 e. The van der Waals surface area contributed by atoms with Crippen LogP contribution in [0.3, 0.4) is 0 Å². The molecule has 1 aliphatic heterocycles. The van der Waals surface area contributed by atoms with Crippen molar-refractivity contribution in [3.05, 3.63) is 0 Å². The van der Waals surface area contributed by atoms with E-state index in [1.165, 1.54) is 6.92 Å². The molecule has 1 rings (SSSR count). The van der Waals surface area contributed by atoms with Crippen LogP contribution in [0.2, 0.25) is 0 Å². The second-order valence-electron chi connectivity index (χ2n) is 6.31. The standard InChI is InChI=1S/C18H32N2O6S/c1-15(21)3-4-17(22)19-7-10-24-11-12-25-13-14-26-18(23)20-8-5-16(27-2)6-9-20/h16H,3-14H2,1-2H3,(H,19,22). The first-order valence-corrected chi connectivity index (χ1v) is 10.7. The maximum Gasteiger partial charge on any atom is 0.409 e. The highest BCUT2D eigenvalue weighted by Gasteiger charge is 2.22. The molecule has 1 saturated heterocycles. The molecule has 0 spiro atoms. The lowest BCUT2D eigenvalue weighted by molar-refractivity contribution is -0.124. The van der Waals surface area contributed by atoms with Crippen LogP contribution >= 0.6 is 11.8 Å². The number of piperidine rings is 1. The monoisotopic (exact) mass is 404 g/mol. The lowest BCUT2D eigenvalue weighted by Crippen LogP contribution is -2.40. The molecule has 0 aromatic heterocycles. The molecule has 0 aliphatic carbocycles. The fraction of sp³-hybridized carbons (Fsp3) is 0.833. The topological polar surface area (TPSA) is 94.2 Å². The SMILES string of the molecule is CSC1CCN(C(=O)OCCOCCOCCNC(=O)CCC(C)=O)CC1. The molecule has 1 N–H and O–H groups in total. The first kappa shape index (κ1) is 23.7. The molecule has 0 unspecified atom stereocenters. The molecule has 0 radical (unpaired) electrons. The average Bonchev–Trinajstić information content (AvgIpc) is 2.67. The van der Waals surface area contributed by atoms with Gasteiger partial charge in [0.15, 0.2) is 0 Å². The van der Waals surface area contributed by atoms with Crippen LogP contribution in [0.1, 0.15) is 32.6 Å². The van der Waals surface area contributed by atoms with E-state index in [-0.39, 0.29) is 37.2 Å². The lowest BCUT2D eigenvalue weighted by Gasteiger charge is -2.30. The number of carbonyl (C=O) groups is 3. The number of Topliss-reactive ketones (excluding diaryl/α,β-unsaturated/α-hetero) is 1. The zero-order valence-electron chi connectivity index (χ0n) is 16.4. The third-order valence-corrected chi connectivity index (χ3v) is 5.27. The molecule has 0 bridgehead atoms. The van der Waals surface area contributed by atoms with Gasteiger partial charge in [0.25, 0.3) is 0 Å². The largest absolute Gasteiger partial charge is 0.447 e. The van der Waals surface area contributed by atoms with E-state index in [4.69, 9.17) is 14.2 Å². The molecule has 8 nitrogen and oxygen atoms in total. The molecule has 0 aromatic rings. The molecule has 0 saturated carbocycles. The van der Waals surface area contributed by atoms with Gasteiger partial charge in [-0.25, -0.2) is 4.79 Å². The van der Waals surface area contributed by atoms with Gasteiger partial charge >= 0.3 is 6.09 Å². The van der Waals surface area contributed by atoms with Crippen molar-refractivity contribution in [2.75, 3.05) is 58.9 Å². The fourth-order valence-electron chi connectivity index (χ4n) is 2.52. The van der Waals surface area contributed by atoms with E-state index in [1.807, 2.05) is 11.8 Å². The Balaban J connectivity index is 1.87. The number of thioether (sulfide) groups is 1. The van der Waals surface area contributed by atoms with E-state index in [2.05, 4.69) is 11.6 Å². The highest BCUT2D eigenvalue weighted by molar-refractivity contribution is 7.99. The smallest absolute Gasteiger partial charge is 0.409 e. The molecule has 1 fully saturated rings. The van der Waals surface area contributed by atoms with Crippen LogP contribution < -0.4 is 5.32 Å². The summed E-state index contributed by atoms with van der Waals surface area (Å²) >= 11 is 1.85. The third-order valence-electron chi connectivity index (χ3n) is 4.13. The third kappa shape index (κ3) is 11.9. The number of nitrogens with zero attached hydrogens (tertiary/aromatic N) is 1. The summed E-state index contributed by atoms with van der Waals surface area (Å²) in [4.78, 5) is 35.8. The minimum absolute atomic E-state index is 0.00406. The quantitative estimate of drug-likeness (QED) is 0.465. The lowest BCUT2D eigenvalue weighted by atomic mass is 10.1. The Morgan fingerprint density at radius 2 is 1.63 bits per heavy atom. The van der Waals surface area contributed by atoms with E-state index < -0.39 is 0 Å². The normalized spacial score (nSPS) is 14.8. The van der Waals surface area contributed by atoms with Gasteiger partial charge in [-0.2, -0.15) is 11.8 Å². The zero-order valence-corrected chi connectivity index (χ0v) is 17.2. The van der Waals surface area contributed by atoms with Crippen LogP contribution in [0, 0.1) is 0 Å². The van der Waals surface area contributed by atoms with Gasteiger partial charge < -0.3 is 29.2 Å². The highest BCUT2D eigenvalue weighted by Crippen LogP contribution is 2.21. The summed E-state index contributed by atoms with van der Waals surface area (Å²) in [5.41, 5.74) is 0. The molecule has 9 heteroatoms. The molecular weight excluding hydrogens is 372 g/mol. The predicted molar refractivity (Wildman–Crippen MR) is 104 cm³/mol. The van der Waals surface area contributed by atoms with Gasteiger partial charge in [-0.15, -0.1) is 0 Å². The number of likely N-dealkylation sites (tertiary alicyclic amines) is 1. The van der Waals surface area contributed by atoms with Crippen molar-refractivity contribution in [3.8, 4) is 0 Å². The number of nitrogens with one attached hydrogen (secondary N) is 1. The number of ketones is 1. The van der Waals surface area contributed by atoms with Gasteiger partial charge in [0.1, 0.15) is 12.4 Å². The Morgan fingerprint density at radius 3 is 2.26 bits per heavy atom. The molecule has 156 valence electrons. The number of carbonyl (C=O) groups excluding carboxylic acids is 3. The average molecular weight is 405 g/mol. The van der Waals surface area contributed by atoms with Gasteiger partial charge in [0, 0.05) is 37.7 Å². The van der Waals surface area contributed by atoms with Crippen molar-refractivity contribution < 1.29 is 28.6 Å². The fourth-order valence-corrected chi connectivity index (χ4v) is 3.20. The van der Waals surface area contributed by atoms with Crippen molar-refractivity contribution in [2.24, 2.45) is 0 Å².